The molecule has 0 aromatic rings. The highest BCUT2D eigenvalue weighted by Crippen LogP contribution is 2.66. The maximum Gasteiger partial charge on any atom is 0.000442 e. The van der Waals surface area contributed by atoms with Crippen molar-refractivity contribution < 1.29 is 0 Å². The summed E-state index contributed by atoms with van der Waals surface area (Å²) in [6, 6.07) is 0. The minimum Gasteiger partial charge on any atom is -0.368 e. The molecule has 1 unspecified atom stereocenters. The van der Waals surface area contributed by atoms with Crippen LogP contribution in [0.1, 0.15) is 84.5 Å². The van der Waals surface area contributed by atoms with Crippen LogP contribution in [0.4, 0.5) is 0 Å². The molecule has 1 heterocycles. The summed E-state index contributed by atoms with van der Waals surface area (Å²) in [4.78, 5) is 0. The van der Waals surface area contributed by atoms with E-state index in [0.717, 1.165) is 34.5 Å². The molecule has 6 atom stereocenters. The topological polar surface area (TPSA) is 12.0 Å². The highest BCUT2D eigenvalue weighted by molar-refractivity contribution is 5.14. The number of allylic oxidation sites excluding steroid dienone is 4. The van der Waals surface area contributed by atoms with E-state index in [9.17, 15) is 0 Å². The van der Waals surface area contributed by atoms with Gasteiger partial charge in [0.1, 0.15) is 0 Å². The second-order valence-corrected chi connectivity index (χ2v) is 10.3. The maximum atomic E-state index is 2.92. The molecule has 1 heteroatoms. The first-order chi connectivity index (χ1) is 12.6. The Labute approximate surface area is 161 Å². The van der Waals surface area contributed by atoms with Crippen molar-refractivity contribution in [3.05, 3.63) is 36.7 Å². The summed E-state index contributed by atoms with van der Waals surface area (Å²) in [7, 11) is 0. The number of rotatable bonds is 0. The molecule has 4 aliphatic carbocycles. The van der Waals surface area contributed by atoms with Crippen LogP contribution in [0.2, 0.25) is 0 Å². The van der Waals surface area contributed by atoms with Crippen molar-refractivity contribution >= 4 is 0 Å². The van der Waals surface area contributed by atoms with E-state index in [1.54, 1.807) is 51.4 Å². The van der Waals surface area contributed by atoms with Gasteiger partial charge in [0.25, 0.3) is 0 Å². The van der Waals surface area contributed by atoms with Gasteiger partial charge in [0.05, 0.1) is 0 Å². The molecule has 144 valence electrons. The lowest BCUT2D eigenvalue weighted by Crippen LogP contribution is -2.51. The van der Waals surface area contributed by atoms with Gasteiger partial charge in [-0.05, 0) is 98.0 Å². The summed E-state index contributed by atoms with van der Waals surface area (Å²) >= 11 is 0. The van der Waals surface area contributed by atoms with E-state index in [-0.39, 0.29) is 0 Å². The molecule has 5 rings (SSSR count). The predicted molar refractivity (Wildman–Crippen MR) is 112 cm³/mol. The monoisotopic (exact) mass is 353 g/mol. The van der Waals surface area contributed by atoms with Gasteiger partial charge in [-0.2, -0.15) is 0 Å². The van der Waals surface area contributed by atoms with Crippen molar-refractivity contribution in [1.82, 2.24) is 5.32 Å². The normalized spacial score (nSPS) is 46.1. The second kappa shape index (κ2) is 7.56. The molecule has 0 saturated heterocycles. The molecule has 0 aromatic heterocycles. The van der Waals surface area contributed by atoms with Gasteiger partial charge in [0.2, 0.25) is 0 Å². The molecule has 4 fully saturated rings. The molecule has 0 radical (unpaired) electrons. The van der Waals surface area contributed by atoms with Gasteiger partial charge in [-0.1, -0.05) is 45.3 Å². The second-order valence-electron chi connectivity index (χ2n) is 10.3. The lowest BCUT2D eigenvalue weighted by molar-refractivity contribution is -0.103. The first-order valence-corrected chi connectivity index (χ1v) is 11.4. The van der Waals surface area contributed by atoms with Crippen molar-refractivity contribution in [3.8, 4) is 0 Å². The molecule has 0 amide bonds. The van der Waals surface area contributed by atoms with Gasteiger partial charge in [-0.15, -0.1) is 0 Å². The molecule has 26 heavy (non-hydrogen) atoms. The van der Waals surface area contributed by atoms with Crippen LogP contribution in [0.5, 0.6) is 0 Å². The van der Waals surface area contributed by atoms with Crippen molar-refractivity contribution in [2.45, 2.75) is 84.5 Å². The van der Waals surface area contributed by atoms with Crippen molar-refractivity contribution in [1.29, 1.82) is 0 Å². The van der Waals surface area contributed by atoms with Crippen LogP contribution in [-0.2, 0) is 0 Å². The maximum absolute atomic E-state index is 2.92. The van der Waals surface area contributed by atoms with Crippen LogP contribution < -0.4 is 5.32 Å². The van der Waals surface area contributed by atoms with Gasteiger partial charge in [0, 0.05) is 12.4 Å². The lowest BCUT2D eigenvalue weighted by Gasteiger charge is -2.60. The average molecular weight is 354 g/mol. The van der Waals surface area contributed by atoms with E-state index in [1.807, 2.05) is 36.7 Å². The summed E-state index contributed by atoms with van der Waals surface area (Å²) in [5.74, 6) is 4.41. The van der Waals surface area contributed by atoms with E-state index < -0.39 is 0 Å². The molecule has 1 nitrogen and oxygen atoms in total. The Kier molecular flexibility index (Phi) is 5.35. The number of hydrogen-bond acceptors (Lipinski definition) is 1. The van der Waals surface area contributed by atoms with Crippen LogP contribution in [0.3, 0.4) is 0 Å². The van der Waals surface area contributed by atoms with Gasteiger partial charge in [0.15, 0.2) is 0 Å². The largest absolute Gasteiger partial charge is 0.368 e. The zero-order valence-electron chi connectivity index (χ0n) is 17.1. The Balaban J connectivity index is 0.000000204. The Morgan fingerprint density at radius 1 is 0.692 bits per heavy atom. The van der Waals surface area contributed by atoms with Crippen LogP contribution >= 0.6 is 0 Å². The van der Waals surface area contributed by atoms with E-state index in [2.05, 4.69) is 19.2 Å². The van der Waals surface area contributed by atoms with Crippen LogP contribution in [0.15, 0.2) is 36.7 Å². The van der Waals surface area contributed by atoms with E-state index in [1.165, 1.54) is 19.3 Å². The molecular formula is C25H39N. The summed E-state index contributed by atoms with van der Waals surface area (Å²) < 4.78 is 0. The Morgan fingerprint density at radius 3 is 2.31 bits per heavy atom. The summed E-state index contributed by atoms with van der Waals surface area (Å²) in [6.45, 7) is 5.33. The van der Waals surface area contributed by atoms with Gasteiger partial charge in [-0.3, -0.25) is 0 Å². The predicted octanol–water partition coefficient (Wildman–Crippen LogP) is 6.98. The third-order valence-corrected chi connectivity index (χ3v) is 9.08. The fourth-order valence-electron chi connectivity index (χ4n) is 7.69. The number of hydrogen-bond donors (Lipinski definition) is 1. The van der Waals surface area contributed by atoms with Gasteiger partial charge < -0.3 is 5.32 Å². The highest BCUT2D eigenvalue weighted by atomic mass is 14.8. The smallest absolute Gasteiger partial charge is 0.000442 e. The molecule has 0 bridgehead atoms. The molecule has 0 aromatic carbocycles. The minimum atomic E-state index is 0.741. The molecule has 1 aliphatic heterocycles. The first-order valence-electron chi connectivity index (χ1n) is 11.4. The number of fused-ring (bicyclic) bond motifs is 5. The Bertz CT molecular complexity index is 559. The van der Waals surface area contributed by atoms with Gasteiger partial charge in [-0.25, -0.2) is 0 Å². The van der Waals surface area contributed by atoms with Crippen LogP contribution in [-0.4, -0.2) is 0 Å². The molecule has 1 N–H and O–H groups in total. The molecular weight excluding hydrogens is 314 g/mol. The fraction of sp³-hybridized carbons (Fsp3) is 0.760. The minimum absolute atomic E-state index is 0.741. The summed E-state index contributed by atoms with van der Waals surface area (Å²) in [6.07, 6.45) is 28.7. The van der Waals surface area contributed by atoms with Crippen LogP contribution in [0.25, 0.3) is 0 Å². The van der Waals surface area contributed by atoms with Crippen molar-refractivity contribution in [2.75, 3.05) is 0 Å². The lowest BCUT2D eigenvalue weighted by atomic mass is 9.45. The van der Waals surface area contributed by atoms with E-state index in [0.29, 0.717) is 0 Å². The Morgan fingerprint density at radius 2 is 1.50 bits per heavy atom. The van der Waals surface area contributed by atoms with E-state index >= 15 is 0 Å². The highest BCUT2D eigenvalue weighted by Gasteiger charge is 2.56. The van der Waals surface area contributed by atoms with Gasteiger partial charge >= 0.3 is 0 Å². The Hall–Kier alpha value is -0.980. The van der Waals surface area contributed by atoms with E-state index in [4.69, 9.17) is 0 Å². The molecule has 5 aliphatic rings. The van der Waals surface area contributed by atoms with Crippen molar-refractivity contribution in [2.24, 2.45) is 34.5 Å². The molecule has 0 spiro atoms. The fourth-order valence-corrected chi connectivity index (χ4v) is 7.69. The molecule has 4 saturated carbocycles. The third-order valence-electron chi connectivity index (χ3n) is 9.08. The SMILES string of the molecule is C1=CC=CNC=C1.C[C@@]12CCC[C@H]1[C@@H]1CCC3CCCC[C@]3(C)[C@H]1CC2. The average Bonchev–Trinajstić information content (AvgIpc) is 2.85. The zero-order chi connectivity index (χ0) is 18.0. The quantitative estimate of drug-likeness (QED) is 0.495. The van der Waals surface area contributed by atoms with Crippen LogP contribution in [0, 0.1) is 34.5 Å². The third kappa shape index (κ3) is 3.32. The zero-order valence-corrected chi connectivity index (χ0v) is 17.1. The first kappa shape index (κ1) is 18.4. The van der Waals surface area contributed by atoms with Crippen molar-refractivity contribution in [3.63, 3.8) is 0 Å². The standard InChI is InChI=1S/C19H32.C6H7N/c1-18-11-5-7-16(18)15-9-8-14-6-3-4-12-19(14,2)17(15)10-13-18;1-2-4-6-7-5-3-1/h14-17H,3-13H2,1-2H3;1-7H/t14?,15-,16-,17-,18-,19-;/m0./s1. The number of nitrogens with one attached hydrogen (secondary N) is 1. The summed E-state index contributed by atoms with van der Waals surface area (Å²) in [5, 5.41) is 2.92. The summed E-state index contributed by atoms with van der Waals surface area (Å²) in [5.41, 5.74) is 1.49.